The Bertz CT molecular complexity index is 609. The van der Waals surface area contributed by atoms with Crippen LogP contribution in [0, 0.1) is 0 Å². The molecule has 19 heavy (non-hydrogen) atoms. The Morgan fingerprint density at radius 1 is 1.00 bits per heavy atom. The zero-order chi connectivity index (χ0) is 13.7. The summed E-state index contributed by atoms with van der Waals surface area (Å²) in [6.45, 7) is 0. The topological polar surface area (TPSA) is 29.1 Å². The summed E-state index contributed by atoms with van der Waals surface area (Å²) in [5, 5.41) is 3.43. The van der Waals surface area contributed by atoms with Gasteiger partial charge in [0.15, 0.2) is 0 Å². The first-order valence-electron chi connectivity index (χ1n) is 5.65. The first-order valence-corrected chi connectivity index (χ1v) is 6.40. The van der Waals surface area contributed by atoms with Crippen molar-refractivity contribution in [2.24, 2.45) is 0 Å². The molecule has 0 bridgehead atoms. The Balaban J connectivity index is 2.06. The maximum atomic E-state index is 11.7. The number of rotatable bonds is 3. The van der Waals surface area contributed by atoms with Crippen LogP contribution >= 0.6 is 23.2 Å². The third kappa shape index (κ3) is 3.85. The first-order chi connectivity index (χ1) is 9.16. The summed E-state index contributed by atoms with van der Waals surface area (Å²) in [5.41, 5.74) is 1.45. The highest BCUT2D eigenvalue weighted by molar-refractivity contribution is 6.44. The van der Waals surface area contributed by atoms with E-state index < -0.39 is 0 Å². The molecule has 0 unspecified atom stereocenters. The summed E-state index contributed by atoms with van der Waals surface area (Å²) in [6.07, 6.45) is 3.18. The number of carbonyl (C=O) groups is 1. The van der Waals surface area contributed by atoms with Gasteiger partial charge >= 0.3 is 0 Å². The number of carbonyl (C=O) groups excluding carboxylic acids is 1. The van der Waals surface area contributed by atoms with E-state index in [1.165, 1.54) is 6.08 Å². The highest BCUT2D eigenvalue weighted by Crippen LogP contribution is 2.29. The van der Waals surface area contributed by atoms with E-state index in [2.05, 4.69) is 5.32 Å². The van der Waals surface area contributed by atoms with Crippen LogP contribution in [0.5, 0.6) is 0 Å². The molecule has 2 rings (SSSR count). The summed E-state index contributed by atoms with van der Waals surface area (Å²) in [6, 6.07) is 14.7. The van der Waals surface area contributed by atoms with E-state index in [0.717, 1.165) is 5.56 Å². The third-order valence-corrected chi connectivity index (χ3v) is 3.26. The van der Waals surface area contributed by atoms with Gasteiger partial charge in [-0.25, -0.2) is 0 Å². The summed E-state index contributed by atoms with van der Waals surface area (Å²) in [7, 11) is 0. The molecule has 0 aliphatic carbocycles. The van der Waals surface area contributed by atoms with Crippen LogP contribution in [0.3, 0.4) is 0 Å². The van der Waals surface area contributed by atoms with Crippen molar-refractivity contribution in [1.82, 2.24) is 0 Å². The van der Waals surface area contributed by atoms with Crippen molar-refractivity contribution in [1.29, 1.82) is 0 Å². The van der Waals surface area contributed by atoms with Gasteiger partial charge in [-0.05, 0) is 23.8 Å². The van der Waals surface area contributed by atoms with E-state index in [4.69, 9.17) is 23.2 Å². The number of nitrogens with one attached hydrogen (secondary N) is 1. The molecule has 96 valence electrons. The van der Waals surface area contributed by atoms with Crippen LogP contribution in [0.4, 0.5) is 5.69 Å². The minimum absolute atomic E-state index is 0.256. The molecule has 0 saturated heterocycles. The van der Waals surface area contributed by atoms with Crippen LogP contribution in [0.15, 0.2) is 54.6 Å². The zero-order valence-corrected chi connectivity index (χ0v) is 11.4. The van der Waals surface area contributed by atoms with Gasteiger partial charge in [-0.2, -0.15) is 0 Å². The molecule has 2 aromatic carbocycles. The fourth-order valence-corrected chi connectivity index (χ4v) is 1.86. The van der Waals surface area contributed by atoms with Crippen molar-refractivity contribution in [3.8, 4) is 0 Å². The lowest BCUT2D eigenvalue weighted by atomic mass is 10.2. The van der Waals surface area contributed by atoms with Crippen molar-refractivity contribution < 1.29 is 4.79 Å². The Labute approximate surface area is 121 Å². The fraction of sp³-hybridized carbons (Fsp3) is 0. The van der Waals surface area contributed by atoms with E-state index >= 15 is 0 Å². The van der Waals surface area contributed by atoms with Crippen molar-refractivity contribution in [3.63, 3.8) is 0 Å². The second kappa shape index (κ2) is 6.41. The minimum Gasteiger partial charge on any atom is -0.321 e. The van der Waals surface area contributed by atoms with Gasteiger partial charge in [0.1, 0.15) is 0 Å². The maximum absolute atomic E-state index is 11.7. The van der Waals surface area contributed by atoms with E-state index in [9.17, 15) is 4.79 Å². The molecule has 1 amide bonds. The van der Waals surface area contributed by atoms with E-state index in [0.29, 0.717) is 15.7 Å². The number of anilines is 1. The van der Waals surface area contributed by atoms with E-state index in [1.54, 1.807) is 24.3 Å². The molecular formula is C15H11Cl2NO. The average Bonchev–Trinajstić information content (AvgIpc) is 2.43. The molecule has 2 nitrogen and oxygen atoms in total. The van der Waals surface area contributed by atoms with Crippen LogP contribution in [0.25, 0.3) is 6.08 Å². The fourth-order valence-electron chi connectivity index (χ4n) is 1.51. The molecule has 0 saturated carbocycles. The number of amides is 1. The molecule has 0 aliphatic rings. The highest BCUT2D eigenvalue weighted by atomic mass is 35.5. The molecular weight excluding hydrogens is 281 g/mol. The van der Waals surface area contributed by atoms with Gasteiger partial charge in [0, 0.05) is 6.08 Å². The molecule has 4 heteroatoms. The normalized spacial score (nSPS) is 10.6. The smallest absolute Gasteiger partial charge is 0.248 e. The van der Waals surface area contributed by atoms with E-state index in [-0.39, 0.29) is 5.91 Å². The van der Waals surface area contributed by atoms with Crippen LogP contribution in [0.2, 0.25) is 10.0 Å². The molecule has 0 aliphatic heterocycles. The van der Waals surface area contributed by atoms with Crippen LogP contribution in [-0.2, 0) is 4.79 Å². The number of hydrogen-bond donors (Lipinski definition) is 1. The predicted octanol–water partition coefficient (Wildman–Crippen LogP) is 4.65. The van der Waals surface area contributed by atoms with Crippen LogP contribution in [-0.4, -0.2) is 5.91 Å². The largest absolute Gasteiger partial charge is 0.321 e. The summed E-state index contributed by atoms with van der Waals surface area (Å²) in [5.74, 6) is -0.256. The molecule has 0 atom stereocenters. The number of hydrogen-bond acceptors (Lipinski definition) is 1. The lowest BCUT2D eigenvalue weighted by molar-refractivity contribution is -0.111. The van der Waals surface area contributed by atoms with Gasteiger partial charge in [0.2, 0.25) is 5.91 Å². The maximum Gasteiger partial charge on any atom is 0.248 e. The third-order valence-electron chi connectivity index (χ3n) is 2.44. The molecule has 2 aromatic rings. The SMILES string of the molecule is O=C(/C=C\c1ccccc1)Nc1cccc(Cl)c1Cl. The molecule has 0 fully saturated rings. The lowest BCUT2D eigenvalue weighted by Gasteiger charge is -2.05. The van der Waals surface area contributed by atoms with Gasteiger partial charge in [0.05, 0.1) is 15.7 Å². The van der Waals surface area contributed by atoms with Gasteiger partial charge < -0.3 is 5.32 Å². The predicted molar refractivity (Wildman–Crippen MR) is 80.6 cm³/mol. The van der Waals surface area contributed by atoms with Crippen molar-refractivity contribution in [2.75, 3.05) is 5.32 Å². The molecule has 0 aromatic heterocycles. The first kappa shape index (κ1) is 13.7. The lowest BCUT2D eigenvalue weighted by Crippen LogP contribution is -2.08. The van der Waals surface area contributed by atoms with Crippen molar-refractivity contribution in [2.45, 2.75) is 0 Å². The summed E-state index contributed by atoms with van der Waals surface area (Å²) in [4.78, 5) is 11.7. The number of halogens is 2. The molecule has 0 radical (unpaired) electrons. The van der Waals surface area contributed by atoms with Crippen molar-refractivity contribution >= 4 is 40.9 Å². The Morgan fingerprint density at radius 3 is 2.47 bits per heavy atom. The monoisotopic (exact) mass is 291 g/mol. The van der Waals surface area contributed by atoms with Gasteiger partial charge in [-0.3, -0.25) is 4.79 Å². The Kier molecular flexibility index (Phi) is 4.61. The second-order valence-electron chi connectivity index (χ2n) is 3.83. The highest BCUT2D eigenvalue weighted by Gasteiger charge is 2.05. The summed E-state index contributed by atoms with van der Waals surface area (Å²) < 4.78 is 0. The average molecular weight is 292 g/mol. The van der Waals surface area contributed by atoms with Gasteiger partial charge in [-0.1, -0.05) is 59.6 Å². The molecule has 0 spiro atoms. The Hall–Kier alpha value is -1.77. The molecule has 1 N–H and O–H groups in total. The van der Waals surface area contributed by atoms with Gasteiger partial charge in [-0.15, -0.1) is 0 Å². The van der Waals surface area contributed by atoms with Gasteiger partial charge in [0.25, 0.3) is 0 Å². The van der Waals surface area contributed by atoms with E-state index in [1.807, 2.05) is 30.3 Å². The summed E-state index contributed by atoms with van der Waals surface area (Å²) >= 11 is 11.9. The second-order valence-corrected chi connectivity index (χ2v) is 4.62. The Morgan fingerprint density at radius 2 is 1.74 bits per heavy atom. The standard InChI is InChI=1S/C15H11Cl2NO/c16-12-7-4-8-13(15(12)17)18-14(19)10-9-11-5-2-1-3-6-11/h1-10H,(H,18,19)/b10-9-. The number of benzene rings is 2. The zero-order valence-electron chi connectivity index (χ0n) is 9.94. The van der Waals surface area contributed by atoms with Crippen LogP contribution in [0.1, 0.15) is 5.56 Å². The van der Waals surface area contributed by atoms with Crippen molar-refractivity contribution in [3.05, 3.63) is 70.2 Å². The quantitative estimate of drug-likeness (QED) is 0.820. The minimum atomic E-state index is -0.256. The molecule has 0 heterocycles. The van der Waals surface area contributed by atoms with Crippen LogP contribution < -0.4 is 5.32 Å².